The Morgan fingerprint density at radius 3 is 2.87 bits per heavy atom. The van der Waals surface area contributed by atoms with Gasteiger partial charge in [-0.1, -0.05) is 15.9 Å². The van der Waals surface area contributed by atoms with Crippen LogP contribution in [0.2, 0.25) is 0 Å². The number of halogens is 1. The Morgan fingerprint density at radius 2 is 2.22 bits per heavy atom. The summed E-state index contributed by atoms with van der Waals surface area (Å²) in [6.07, 6.45) is 0.397. The molecule has 0 aliphatic carbocycles. The lowest BCUT2D eigenvalue weighted by molar-refractivity contribution is -0.145. The fraction of sp³-hybridized carbons (Fsp3) is 0.500. The van der Waals surface area contributed by atoms with Crippen LogP contribution in [-0.4, -0.2) is 25.4 Å². The summed E-state index contributed by atoms with van der Waals surface area (Å²) in [5.74, 6) is 0.984. The Balaban J connectivity index is 1.95. The van der Waals surface area contributed by atoms with Crippen molar-refractivity contribution in [1.82, 2.24) is 5.32 Å². The normalized spacial score (nSPS) is 28.4. The maximum Gasteiger partial charge on any atom is 0.323 e. The van der Waals surface area contributed by atoms with Gasteiger partial charge in [0.05, 0.1) is 24.1 Å². The smallest absolute Gasteiger partial charge is 0.323 e. The van der Waals surface area contributed by atoms with Crippen molar-refractivity contribution in [3.8, 4) is 17.6 Å². The average Bonchev–Trinajstić information content (AvgIpc) is 3.11. The molecule has 0 spiro atoms. The highest BCUT2D eigenvalue weighted by Crippen LogP contribution is 2.48. The topological polar surface area (TPSA) is 80.6 Å². The second-order valence-electron chi connectivity index (χ2n) is 5.86. The molecule has 1 unspecified atom stereocenters. The van der Waals surface area contributed by atoms with E-state index >= 15 is 0 Å². The van der Waals surface area contributed by atoms with Crippen LogP contribution in [0.3, 0.4) is 0 Å². The van der Waals surface area contributed by atoms with Gasteiger partial charge in [0.1, 0.15) is 6.04 Å². The van der Waals surface area contributed by atoms with Gasteiger partial charge in [0, 0.05) is 4.47 Å². The fourth-order valence-corrected chi connectivity index (χ4v) is 3.63. The first-order valence-corrected chi connectivity index (χ1v) is 8.21. The molecule has 1 saturated heterocycles. The molecule has 122 valence electrons. The molecule has 6 nitrogen and oxygen atoms in total. The number of fused-ring (bicyclic) bond motifs is 1. The molecule has 3 atom stereocenters. The van der Waals surface area contributed by atoms with Crippen LogP contribution in [0.15, 0.2) is 16.6 Å². The highest BCUT2D eigenvalue weighted by molar-refractivity contribution is 9.10. The molecule has 2 heterocycles. The van der Waals surface area contributed by atoms with Crippen molar-refractivity contribution in [3.63, 3.8) is 0 Å². The van der Waals surface area contributed by atoms with Crippen LogP contribution in [0.1, 0.15) is 31.9 Å². The molecule has 1 aromatic carbocycles. The molecule has 2 aliphatic heterocycles. The summed E-state index contributed by atoms with van der Waals surface area (Å²) in [6, 6.07) is 5.22. The third-order valence-corrected chi connectivity index (χ3v) is 4.95. The molecule has 7 heteroatoms. The summed E-state index contributed by atoms with van der Waals surface area (Å²) in [5, 5.41) is 12.9. The summed E-state index contributed by atoms with van der Waals surface area (Å²) in [6.45, 7) is 4.12. The summed E-state index contributed by atoms with van der Waals surface area (Å²) < 4.78 is 16.7. The van der Waals surface area contributed by atoms with E-state index in [1.54, 1.807) is 6.92 Å². The van der Waals surface area contributed by atoms with E-state index in [0.717, 1.165) is 10.0 Å². The fourth-order valence-electron chi connectivity index (χ4n) is 3.08. The number of hydrogen-bond acceptors (Lipinski definition) is 6. The Kier molecular flexibility index (Phi) is 4.21. The number of rotatable bonds is 3. The summed E-state index contributed by atoms with van der Waals surface area (Å²) >= 11 is 3.53. The minimum Gasteiger partial charge on any atom is -0.465 e. The van der Waals surface area contributed by atoms with Crippen molar-refractivity contribution in [3.05, 3.63) is 22.2 Å². The lowest BCUT2D eigenvalue weighted by Gasteiger charge is -2.25. The number of nitrogens with zero attached hydrogens (tertiary/aromatic N) is 1. The van der Waals surface area contributed by atoms with E-state index in [1.807, 2.05) is 19.1 Å². The van der Waals surface area contributed by atoms with Gasteiger partial charge < -0.3 is 14.2 Å². The van der Waals surface area contributed by atoms with Crippen LogP contribution in [-0.2, 0) is 9.53 Å². The average molecular weight is 381 g/mol. The molecule has 1 N–H and O–H groups in total. The van der Waals surface area contributed by atoms with Crippen molar-refractivity contribution in [2.24, 2.45) is 5.41 Å². The number of carbonyl (C=O) groups is 1. The van der Waals surface area contributed by atoms with Crippen molar-refractivity contribution in [2.45, 2.75) is 32.4 Å². The molecule has 1 aromatic rings. The number of ether oxygens (including phenoxy) is 3. The third kappa shape index (κ3) is 2.77. The minimum atomic E-state index is -0.729. The Hall–Kier alpha value is -1.78. The van der Waals surface area contributed by atoms with Crippen LogP contribution >= 0.6 is 15.9 Å². The Bertz CT molecular complexity index is 687. The maximum absolute atomic E-state index is 12.0. The monoisotopic (exact) mass is 380 g/mol. The maximum atomic E-state index is 12.0. The van der Waals surface area contributed by atoms with E-state index in [1.165, 1.54) is 0 Å². The number of benzene rings is 1. The molecule has 2 aliphatic rings. The molecule has 0 aromatic heterocycles. The Morgan fingerprint density at radius 1 is 1.52 bits per heavy atom. The lowest BCUT2D eigenvalue weighted by atomic mass is 9.80. The predicted molar refractivity (Wildman–Crippen MR) is 84.9 cm³/mol. The predicted octanol–water partition coefficient (Wildman–Crippen LogP) is 2.67. The van der Waals surface area contributed by atoms with Gasteiger partial charge in [-0.25, -0.2) is 0 Å². The zero-order valence-electron chi connectivity index (χ0n) is 12.9. The van der Waals surface area contributed by atoms with Gasteiger partial charge in [-0.05, 0) is 38.0 Å². The first-order valence-electron chi connectivity index (χ1n) is 7.41. The van der Waals surface area contributed by atoms with Crippen molar-refractivity contribution in [2.75, 3.05) is 13.4 Å². The van der Waals surface area contributed by atoms with Gasteiger partial charge >= 0.3 is 5.97 Å². The number of nitriles is 1. The zero-order chi connectivity index (χ0) is 16.6. The first-order chi connectivity index (χ1) is 11.0. The van der Waals surface area contributed by atoms with Gasteiger partial charge in [0.25, 0.3) is 0 Å². The molecule has 0 radical (unpaired) electrons. The number of hydrogen-bond donors (Lipinski definition) is 1. The van der Waals surface area contributed by atoms with Crippen molar-refractivity contribution in [1.29, 1.82) is 5.26 Å². The second kappa shape index (κ2) is 6.02. The SMILES string of the molecule is CCOC(=O)[C@@H]1C[C@](C)(C#N)C(c2cc3c(cc2Br)OCO3)N1. The van der Waals surface area contributed by atoms with E-state index in [9.17, 15) is 10.1 Å². The number of carbonyl (C=O) groups excluding carboxylic acids is 1. The van der Waals surface area contributed by atoms with Crippen LogP contribution in [0.25, 0.3) is 0 Å². The van der Waals surface area contributed by atoms with Gasteiger partial charge in [0.15, 0.2) is 11.5 Å². The van der Waals surface area contributed by atoms with E-state index < -0.39 is 11.5 Å². The van der Waals surface area contributed by atoms with Crippen LogP contribution < -0.4 is 14.8 Å². The summed E-state index contributed by atoms with van der Waals surface area (Å²) in [7, 11) is 0. The molecule has 0 saturated carbocycles. The van der Waals surface area contributed by atoms with Gasteiger partial charge in [-0.15, -0.1) is 0 Å². The van der Waals surface area contributed by atoms with Crippen LogP contribution in [0.4, 0.5) is 0 Å². The zero-order valence-corrected chi connectivity index (χ0v) is 14.5. The van der Waals surface area contributed by atoms with Crippen molar-refractivity contribution >= 4 is 21.9 Å². The molecule has 0 amide bonds. The molecule has 3 rings (SSSR count). The highest BCUT2D eigenvalue weighted by Gasteiger charge is 2.48. The summed E-state index contributed by atoms with van der Waals surface area (Å²) in [5.41, 5.74) is 0.137. The second-order valence-corrected chi connectivity index (χ2v) is 6.72. The van der Waals surface area contributed by atoms with Crippen molar-refractivity contribution < 1.29 is 19.0 Å². The number of esters is 1. The molecule has 23 heavy (non-hydrogen) atoms. The number of nitrogens with one attached hydrogen (secondary N) is 1. The standard InChI is InChI=1S/C16H17BrN2O4/c1-3-21-15(20)11-6-16(2,7-18)14(19-11)9-4-12-13(5-10(9)17)23-8-22-12/h4-5,11,14,19H,3,6,8H2,1-2H3/t11-,14?,16+/m0/s1. The lowest BCUT2D eigenvalue weighted by Crippen LogP contribution is -2.34. The van der Waals surface area contributed by atoms with Gasteiger partial charge in [0.2, 0.25) is 6.79 Å². The first kappa shape index (κ1) is 16.1. The highest BCUT2D eigenvalue weighted by atomic mass is 79.9. The largest absolute Gasteiger partial charge is 0.465 e. The van der Waals surface area contributed by atoms with Crippen LogP contribution in [0, 0.1) is 16.7 Å². The van der Waals surface area contributed by atoms with E-state index in [4.69, 9.17) is 14.2 Å². The molecular formula is C16H17BrN2O4. The molecule has 1 fully saturated rings. The van der Waals surface area contributed by atoms with Gasteiger partial charge in [-0.3, -0.25) is 10.1 Å². The molecular weight excluding hydrogens is 364 g/mol. The van der Waals surface area contributed by atoms with E-state index in [-0.39, 0.29) is 18.8 Å². The molecule has 0 bridgehead atoms. The quantitative estimate of drug-likeness (QED) is 0.811. The third-order valence-electron chi connectivity index (χ3n) is 4.26. The minimum absolute atomic E-state index is 0.185. The van der Waals surface area contributed by atoms with E-state index in [2.05, 4.69) is 27.3 Å². The Labute approximate surface area is 142 Å². The van der Waals surface area contributed by atoms with Gasteiger partial charge in [-0.2, -0.15) is 5.26 Å². The van der Waals surface area contributed by atoms with Crippen LogP contribution in [0.5, 0.6) is 11.5 Å². The van der Waals surface area contributed by atoms with E-state index in [0.29, 0.717) is 24.5 Å². The summed E-state index contributed by atoms with van der Waals surface area (Å²) in [4.78, 5) is 12.0.